The zero-order valence-electron chi connectivity index (χ0n) is 11.4. The highest BCUT2D eigenvalue weighted by molar-refractivity contribution is 7.80. The van der Waals surface area contributed by atoms with Crippen LogP contribution < -0.4 is 16.4 Å². The molecule has 114 valence electrons. The molecule has 7 heteroatoms. The van der Waals surface area contributed by atoms with Crippen LogP contribution in [0.3, 0.4) is 0 Å². The minimum atomic E-state index is -0.448. The quantitative estimate of drug-likeness (QED) is 0.735. The number of carbonyl (C=O) groups excluding carboxylic acids is 1. The van der Waals surface area contributed by atoms with Gasteiger partial charge >= 0.3 is 0 Å². The predicted molar refractivity (Wildman–Crippen MR) is 94.5 cm³/mol. The summed E-state index contributed by atoms with van der Waals surface area (Å²) in [5.74, 6) is -0.448. The number of amides is 1. The van der Waals surface area contributed by atoms with Gasteiger partial charge in [0.2, 0.25) is 5.91 Å². The molecule has 22 heavy (non-hydrogen) atoms. The van der Waals surface area contributed by atoms with Crippen molar-refractivity contribution in [2.45, 2.75) is 6.54 Å². The summed E-state index contributed by atoms with van der Waals surface area (Å²) < 4.78 is 0. The zero-order chi connectivity index (χ0) is 16.1. The van der Waals surface area contributed by atoms with Crippen molar-refractivity contribution in [3.8, 4) is 0 Å². The number of anilines is 1. The van der Waals surface area contributed by atoms with Crippen LogP contribution >= 0.6 is 35.4 Å². The maximum atomic E-state index is 11.0. The van der Waals surface area contributed by atoms with Crippen molar-refractivity contribution in [2.75, 3.05) is 5.32 Å². The van der Waals surface area contributed by atoms with Crippen LogP contribution in [0.1, 0.15) is 15.9 Å². The van der Waals surface area contributed by atoms with Crippen molar-refractivity contribution in [3.05, 3.63) is 63.6 Å². The van der Waals surface area contributed by atoms with Gasteiger partial charge in [-0.3, -0.25) is 4.79 Å². The van der Waals surface area contributed by atoms with Crippen molar-refractivity contribution < 1.29 is 4.79 Å². The number of hydrogen-bond donors (Lipinski definition) is 3. The van der Waals surface area contributed by atoms with E-state index in [1.54, 1.807) is 30.3 Å². The van der Waals surface area contributed by atoms with Crippen molar-refractivity contribution in [1.29, 1.82) is 0 Å². The molecule has 1 amide bonds. The summed E-state index contributed by atoms with van der Waals surface area (Å²) in [7, 11) is 0. The van der Waals surface area contributed by atoms with E-state index >= 15 is 0 Å². The molecule has 2 aromatic carbocycles. The summed E-state index contributed by atoms with van der Waals surface area (Å²) in [5.41, 5.74) is 7.38. The number of halogens is 2. The Balaban J connectivity index is 1.89. The highest BCUT2D eigenvalue weighted by Crippen LogP contribution is 2.24. The van der Waals surface area contributed by atoms with E-state index in [-0.39, 0.29) is 0 Å². The molecule has 0 atom stereocenters. The predicted octanol–water partition coefficient (Wildman–Crippen LogP) is 3.58. The summed E-state index contributed by atoms with van der Waals surface area (Å²) in [4.78, 5) is 11.0. The molecular formula is C15H13Cl2N3OS. The Morgan fingerprint density at radius 2 is 1.77 bits per heavy atom. The first-order chi connectivity index (χ1) is 10.5. The van der Waals surface area contributed by atoms with Gasteiger partial charge in [0.1, 0.15) is 0 Å². The number of thiocarbonyl (C=S) groups is 1. The van der Waals surface area contributed by atoms with Crippen LogP contribution in [0, 0.1) is 0 Å². The molecule has 4 nitrogen and oxygen atoms in total. The van der Waals surface area contributed by atoms with Gasteiger partial charge in [-0.05, 0) is 48.1 Å². The second-order valence-corrected chi connectivity index (χ2v) is 5.72. The maximum absolute atomic E-state index is 11.0. The van der Waals surface area contributed by atoms with Gasteiger partial charge in [0.25, 0.3) is 0 Å². The summed E-state index contributed by atoms with van der Waals surface area (Å²) >= 11 is 17.0. The van der Waals surface area contributed by atoms with Gasteiger partial charge < -0.3 is 16.4 Å². The summed E-state index contributed by atoms with van der Waals surface area (Å²) in [6.45, 7) is 0.520. The number of benzene rings is 2. The second kappa shape index (κ2) is 7.45. The molecule has 0 aliphatic heterocycles. The first-order valence-corrected chi connectivity index (χ1v) is 7.51. The van der Waals surface area contributed by atoms with Gasteiger partial charge in [0, 0.05) is 17.8 Å². The molecule has 2 rings (SSSR count). The van der Waals surface area contributed by atoms with Gasteiger partial charge in [-0.25, -0.2) is 0 Å². The number of nitrogens with two attached hydrogens (primary N) is 1. The molecule has 0 aliphatic carbocycles. The maximum Gasteiger partial charge on any atom is 0.248 e. The van der Waals surface area contributed by atoms with Crippen molar-refractivity contribution in [1.82, 2.24) is 5.32 Å². The minimum absolute atomic E-state index is 0.448. The standard InChI is InChI=1S/C15H13Cl2N3OS/c16-12-6-5-11(7-13(12)17)20-15(22)19-8-9-1-3-10(4-2-9)14(18)21/h1-7H,8H2,(H2,18,21)(H2,19,20,22). The Hall–Kier alpha value is -1.82. The first kappa shape index (κ1) is 16.5. The summed E-state index contributed by atoms with van der Waals surface area (Å²) in [6.07, 6.45) is 0. The van der Waals surface area contributed by atoms with Gasteiger partial charge in [-0.15, -0.1) is 0 Å². The lowest BCUT2D eigenvalue weighted by atomic mass is 10.1. The smallest absolute Gasteiger partial charge is 0.248 e. The van der Waals surface area contributed by atoms with Crippen LogP contribution in [0.2, 0.25) is 10.0 Å². The second-order valence-electron chi connectivity index (χ2n) is 4.50. The molecule has 0 aromatic heterocycles. The minimum Gasteiger partial charge on any atom is -0.366 e. The molecule has 0 saturated heterocycles. The molecule has 0 saturated carbocycles. The third-order valence-corrected chi connectivity index (χ3v) is 3.85. The average Bonchev–Trinajstić information content (AvgIpc) is 2.49. The Labute approximate surface area is 143 Å². The molecule has 4 N–H and O–H groups in total. The van der Waals surface area contributed by atoms with Gasteiger partial charge in [-0.1, -0.05) is 35.3 Å². The van der Waals surface area contributed by atoms with Crippen LogP contribution in [0.15, 0.2) is 42.5 Å². The topological polar surface area (TPSA) is 67.2 Å². The van der Waals surface area contributed by atoms with E-state index in [1.165, 1.54) is 0 Å². The largest absolute Gasteiger partial charge is 0.366 e. The van der Waals surface area contributed by atoms with Gasteiger partial charge in [0.05, 0.1) is 10.0 Å². The molecule has 2 aromatic rings. The highest BCUT2D eigenvalue weighted by Gasteiger charge is 2.03. The number of nitrogens with one attached hydrogen (secondary N) is 2. The number of rotatable bonds is 4. The van der Waals surface area contributed by atoms with E-state index in [4.69, 9.17) is 41.2 Å². The Morgan fingerprint density at radius 3 is 2.36 bits per heavy atom. The van der Waals surface area contributed by atoms with Crippen LogP contribution in [0.4, 0.5) is 5.69 Å². The number of hydrogen-bond acceptors (Lipinski definition) is 2. The Kier molecular flexibility index (Phi) is 5.60. The van der Waals surface area contributed by atoms with E-state index in [0.717, 1.165) is 11.3 Å². The fourth-order valence-corrected chi connectivity index (χ4v) is 2.21. The molecular weight excluding hydrogens is 341 g/mol. The van der Waals surface area contributed by atoms with E-state index in [2.05, 4.69) is 10.6 Å². The van der Waals surface area contributed by atoms with E-state index in [0.29, 0.717) is 27.3 Å². The van der Waals surface area contributed by atoms with Crippen LogP contribution in [-0.4, -0.2) is 11.0 Å². The molecule has 0 radical (unpaired) electrons. The van der Waals surface area contributed by atoms with E-state index < -0.39 is 5.91 Å². The average molecular weight is 354 g/mol. The Morgan fingerprint density at radius 1 is 1.09 bits per heavy atom. The highest BCUT2D eigenvalue weighted by atomic mass is 35.5. The number of carbonyl (C=O) groups is 1. The lowest BCUT2D eigenvalue weighted by molar-refractivity contribution is 0.100. The zero-order valence-corrected chi connectivity index (χ0v) is 13.7. The number of primary amides is 1. The van der Waals surface area contributed by atoms with E-state index in [9.17, 15) is 4.79 Å². The molecule has 0 heterocycles. The molecule has 0 fully saturated rings. The SMILES string of the molecule is NC(=O)c1ccc(CNC(=S)Nc2ccc(Cl)c(Cl)c2)cc1. The first-order valence-electron chi connectivity index (χ1n) is 6.34. The summed E-state index contributed by atoms with van der Waals surface area (Å²) in [6, 6.07) is 12.1. The third-order valence-electron chi connectivity index (χ3n) is 2.87. The fourth-order valence-electron chi connectivity index (χ4n) is 1.72. The van der Waals surface area contributed by atoms with E-state index in [1.807, 2.05) is 12.1 Å². The van der Waals surface area contributed by atoms with Crippen molar-refractivity contribution >= 4 is 52.1 Å². The normalized spacial score (nSPS) is 10.1. The van der Waals surface area contributed by atoms with Crippen LogP contribution in [0.25, 0.3) is 0 Å². The van der Waals surface area contributed by atoms with Gasteiger partial charge in [-0.2, -0.15) is 0 Å². The Bertz CT molecular complexity index is 704. The lowest BCUT2D eigenvalue weighted by Gasteiger charge is -2.11. The molecule has 0 unspecified atom stereocenters. The molecule has 0 bridgehead atoms. The monoisotopic (exact) mass is 353 g/mol. The fraction of sp³-hybridized carbons (Fsp3) is 0.0667. The molecule has 0 aliphatic rings. The lowest BCUT2D eigenvalue weighted by Crippen LogP contribution is -2.27. The molecule has 0 spiro atoms. The van der Waals surface area contributed by atoms with Crippen LogP contribution in [-0.2, 0) is 6.54 Å². The summed E-state index contributed by atoms with van der Waals surface area (Å²) in [5, 5.41) is 7.47. The van der Waals surface area contributed by atoms with Crippen molar-refractivity contribution in [2.24, 2.45) is 5.73 Å². The van der Waals surface area contributed by atoms with Crippen molar-refractivity contribution in [3.63, 3.8) is 0 Å². The third kappa shape index (κ3) is 4.59. The van der Waals surface area contributed by atoms with Crippen LogP contribution in [0.5, 0.6) is 0 Å². The van der Waals surface area contributed by atoms with Gasteiger partial charge in [0.15, 0.2) is 5.11 Å².